The molecule has 0 amide bonds. The third kappa shape index (κ3) is 9.62. The molecule has 0 bridgehead atoms. The van der Waals surface area contributed by atoms with E-state index in [1.807, 2.05) is 18.2 Å². The molecule has 0 unspecified atom stereocenters. The molecule has 50 heavy (non-hydrogen) atoms. The molecule has 11 heteroatoms. The fourth-order valence-electron chi connectivity index (χ4n) is 5.35. The number of hydrogen-bond acceptors (Lipinski definition) is 6. The van der Waals surface area contributed by atoms with E-state index in [9.17, 15) is 0 Å². The summed E-state index contributed by atoms with van der Waals surface area (Å²) in [7, 11) is 0. The van der Waals surface area contributed by atoms with Gasteiger partial charge in [0.05, 0.1) is 21.4 Å². The Bertz CT molecular complexity index is 1930. The van der Waals surface area contributed by atoms with Crippen LogP contribution < -0.4 is 0 Å². The predicted octanol–water partition coefficient (Wildman–Crippen LogP) is 12.2. The van der Waals surface area contributed by atoms with E-state index in [0.717, 1.165) is 39.8 Å². The second-order valence-corrected chi connectivity index (χ2v) is 16.4. The summed E-state index contributed by atoms with van der Waals surface area (Å²) < 4.78 is 5.29. The molecule has 0 aliphatic carbocycles. The van der Waals surface area contributed by atoms with E-state index in [4.69, 9.17) is 33.4 Å². The Balaban J connectivity index is 0.000000194. The first kappa shape index (κ1) is 38.2. The Hall–Kier alpha value is -3.08. The van der Waals surface area contributed by atoms with Gasteiger partial charge in [-0.1, -0.05) is 86.4 Å². The van der Waals surface area contributed by atoms with Crippen LogP contribution in [0.4, 0.5) is 0 Å². The normalized spacial score (nSPS) is 11.3. The number of benzene rings is 2. The van der Waals surface area contributed by atoms with Crippen molar-refractivity contribution in [3.05, 3.63) is 139 Å². The summed E-state index contributed by atoms with van der Waals surface area (Å²) in [5, 5.41) is 13.3. The number of nitrogens with zero attached hydrogens (tertiary/aromatic N) is 6. The van der Waals surface area contributed by atoms with Gasteiger partial charge < -0.3 is 0 Å². The molecule has 0 atom stereocenters. The summed E-state index contributed by atoms with van der Waals surface area (Å²) in [6.45, 7) is 14.9. The summed E-state index contributed by atoms with van der Waals surface area (Å²) >= 11 is 19.7. The molecule has 0 fully saturated rings. The van der Waals surface area contributed by atoms with Crippen LogP contribution in [0.15, 0.2) is 110 Å². The molecule has 260 valence electrons. The van der Waals surface area contributed by atoms with E-state index >= 15 is 0 Å². The monoisotopic (exact) mass is 806 g/mol. The quantitative estimate of drug-likeness (QED) is 0.137. The van der Waals surface area contributed by atoms with Crippen LogP contribution in [0.3, 0.4) is 0 Å². The van der Waals surface area contributed by atoms with E-state index in [2.05, 4.69) is 126 Å². The predicted molar refractivity (Wildman–Crippen MR) is 212 cm³/mol. The summed E-state index contributed by atoms with van der Waals surface area (Å²) in [5.74, 6) is 0. The Kier molecular flexibility index (Phi) is 13.3. The Labute approximate surface area is 322 Å². The van der Waals surface area contributed by atoms with Crippen molar-refractivity contribution in [1.82, 2.24) is 29.5 Å². The zero-order valence-corrected chi connectivity index (χ0v) is 34.0. The average Bonchev–Trinajstić information content (AvgIpc) is 3.54. The minimum Gasteiger partial charge on any atom is -0.263 e. The van der Waals surface area contributed by atoms with Crippen molar-refractivity contribution in [1.29, 1.82) is 0 Å². The van der Waals surface area contributed by atoms with Crippen LogP contribution in [0.25, 0.3) is 0 Å². The molecule has 4 heterocycles. The van der Waals surface area contributed by atoms with Gasteiger partial charge in [0.25, 0.3) is 0 Å². The molecule has 6 aromatic rings. The van der Waals surface area contributed by atoms with E-state index in [1.54, 1.807) is 48.3 Å². The zero-order chi connectivity index (χ0) is 35.9. The van der Waals surface area contributed by atoms with E-state index < -0.39 is 0 Å². The van der Waals surface area contributed by atoms with Gasteiger partial charge >= 0.3 is 0 Å². The van der Waals surface area contributed by atoms with Gasteiger partial charge in [0.1, 0.15) is 10.1 Å². The second-order valence-electron chi connectivity index (χ2n) is 12.6. The molecule has 0 aliphatic rings. The molecule has 0 aliphatic heterocycles. The summed E-state index contributed by atoms with van der Waals surface area (Å²) in [6.07, 6.45) is 8.47. The van der Waals surface area contributed by atoms with Crippen LogP contribution in [0.2, 0.25) is 10.0 Å². The second kappa shape index (κ2) is 17.4. The van der Waals surface area contributed by atoms with Gasteiger partial charge in [-0.2, -0.15) is 10.2 Å². The van der Waals surface area contributed by atoms with E-state index in [1.165, 1.54) is 36.5 Å². The third-order valence-electron chi connectivity index (χ3n) is 7.96. The topological polar surface area (TPSA) is 61.4 Å². The van der Waals surface area contributed by atoms with Gasteiger partial charge in [-0.3, -0.25) is 19.3 Å². The number of halogens is 3. The van der Waals surface area contributed by atoms with Crippen molar-refractivity contribution in [2.75, 3.05) is 0 Å². The maximum absolute atomic E-state index is 6.33. The molecule has 4 aromatic heterocycles. The minimum absolute atomic E-state index is 0.287. The standard InChI is InChI=1S/C20H22ClN3S.C19H19BrClN3S/c1-13(2)24-20(25-17-7-5-6-14(3)10-17)18(15(4)23-24)11-16-8-9-22-12-19(16)21;1-12(2)24-19(25-16-6-4-5-15(20)10-16)17(13(3)23-24)9-14-7-8-22-11-18(14)21/h5-10,12-13H,11H2,1-4H3;4-8,10-12H,9H2,1-3H3. The maximum Gasteiger partial charge on any atom is 0.103 e. The molecule has 6 rings (SSSR count). The molecule has 0 N–H and O–H groups in total. The highest BCUT2D eigenvalue weighted by molar-refractivity contribution is 9.10. The first-order valence-corrected chi connectivity index (χ1v) is 19.6. The minimum atomic E-state index is 0.287. The maximum atomic E-state index is 6.33. The fraction of sp³-hybridized carbons (Fsp3) is 0.282. The molecule has 0 saturated heterocycles. The highest BCUT2D eigenvalue weighted by atomic mass is 79.9. The zero-order valence-electron chi connectivity index (χ0n) is 29.3. The Morgan fingerprint density at radius 1 is 0.660 bits per heavy atom. The smallest absolute Gasteiger partial charge is 0.103 e. The lowest BCUT2D eigenvalue weighted by atomic mass is 10.1. The van der Waals surface area contributed by atoms with Crippen LogP contribution in [0.5, 0.6) is 0 Å². The summed E-state index contributed by atoms with van der Waals surface area (Å²) in [5.41, 5.74) is 7.94. The number of aromatic nitrogens is 6. The summed E-state index contributed by atoms with van der Waals surface area (Å²) in [6, 6.07) is 21.4. The van der Waals surface area contributed by atoms with Crippen molar-refractivity contribution in [2.24, 2.45) is 0 Å². The molecular weight excluding hydrogens is 767 g/mol. The summed E-state index contributed by atoms with van der Waals surface area (Å²) in [4.78, 5) is 10.6. The highest BCUT2D eigenvalue weighted by Crippen LogP contribution is 2.38. The van der Waals surface area contributed by atoms with Gasteiger partial charge in [-0.25, -0.2) is 0 Å². The van der Waals surface area contributed by atoms with Gasteiger partial charge in [0.15, 0.2) is 0 Å². The fourth-order valence-corrected chi connectivity index (χ4v) is 8.82. The molecule has 0 radical (unpaired) electrons. The van der Waals surface area contributed by atoms with Crippen molar-refractivity contribution < 1.29 is 0 Å². The molecule has 0 saturated carbocycles. The van der Waals surface area contributed by atoms with Crippen LogP contribution in [-0.4, -0.2) is 29.5 Å². The Morgan fingerprint density at radius 3 is 1.54 bits per heavy atom. The van der Waals surface area contributed by atoms with Crippen molar-refractivity contribution in [3.63, 3.8) is 0 Å². The lowest BCUT2D eigenvalue weighted by Crippen LogP contribution is -2.05. The van der Waals surface area contributed by atoms with Crippen molar-refractivity contribution >= 4 is 62.7 Å². The SMILES string of the molecule is Cc1cccc(Sc2c(Cc3ccncc3Cl)c(C)nn2C(C)C)c1.Cc1nn(C(C)C)c(Sc2cccc(Br)c2)c1Cc1ccncc1Cl. The number of pyridine rings is 2. The largest absolute Gasteiger partial charge is 0.263 e. The first-order valence-electron chi connectivity index (χ1n) is 16.4. The first-order chi connectivity index (χ1) is 23.9. The van der Waals surface area contributed by atoms with Crippen LogP contribution in [-0.2, 0) is 12.8 Å². The van der Waals surface area contributed by atoms with Crippen molar-refractivity contribution in [2.45, 2.75) is 93.2 Å². The molecular formula is C39H41BrCl2N6S2. The van der Waals surface area contributed by atoms with Crippen LogP contribution in [0.1, 0.15) is 79.0 Å². The average molecular weight is 809 g/mol. The lowest BCUT2D eigenvalue weighted by Gasteiger charge is -2.13. The van der Waals surface area contributed by atoms with Gasteiger partial charge in [-0.15, -0.1) is 0 Å². The number of rotatable bonds is 10. The van der Waals surface area contributed by atoms with Crippen molar-refractivity contribution in [3.8, 4) is 0 Å². The third-order valence-corrected chi connectivity index (χ3v) is 11.4. The number of hydrogen-bond donors (Lipinski definition) is 0. The lowest BCUT2D eigenvalue weighted by molar-refractivity contribution is 0.489. The molecule has 6 nitrogen and oxygen atoms in total. The molecule has 2 aromatic carbocycles. The van der Waals surface area contributed by atoms with Gasteiger partial charge in [0.2, 0.25) is 0 Å². The van der Waals surface area contributed by atoms with E-state index in [0.29, 0.717) is 16.1 Å². The van der Waals surface area contributed by atoms with Gasteiger partial charge in [-0.05, 0) is 102 Å². The Morgan fingerprint density at radius 2 is 1.12 bits per heavy atom. The highest BCUT2D eigenvalue weighted by Gasteiger charge is 2.21. The van der Waals surface area contributed by atoms with Crippen LogP contribution >= 0.6 is 62.7 Å². The van der Waals surface area contributed by atoms with E-state index in [-0.39, 0.29) is 6.04 Å². The van der Waals surface area contributed by atoms with Crippen LogP contribution in [0, 0.1) is 20.8 Å². The molecule has 0 spiro atoms. The number of aryl methyl sites for hydroxylation is 3. The van der Waals surface area contributed by atoms with Gasteiger partial charge in [0, 0.05) is 75.1 Å².